The molecule has 182 valence electrons. The summed E-state index contributed by atoms with van der Waals surface area (Å²) in [6, 6.07) is 6.71. The maximum atomic E-state index is 12.9. The largest absolute Gasteiger partial charge is 0.493 e. The van der Waals surface area contributed by atoms with Crippen molar-refractivity contribution < 1.29 is 14.3 Å². The minimum Gasteiger partial charge on any atom is -0.493 e. The van der Waals surface area contributed by atoms with Crippen molar-refractivity contribution in [3.05, 3.63) is 47.2 Å². The van der Waals surface area contributed by atoms with Gasteiger partial charge in [-0.3, -0.25) is 4.99 Å². The van der Waals surface area contributed by atoms with Gasteiger partial charge in [-0.25, -0.2) is 4.79 Å². The van der Waals surface area contributed by atoms with Gasteiger partial charge in [-0.1, -0.05) is 18.2 Å². The second kappa shape index (κ2) is 9.95. The molecule has 5 rings (SSSR count). The summed E-state index contributed by atoms with van der Waals surface area (Å²) >= 11 is 0. The van der Waals surface area contributed by atoms with Crippen LogP contribution in [0.1, 0.15) is 56.6 Å². The van der Waals surface area contributed by atoms with Crippen LogP contribution in [0.25, 0.3) is 5.57 Å². The van der Waals surface area contributed by atoms with Crippen molar-refractivity contribution in [2.45, 2.75) is 64.5 Å². The third-order valence-electron chi connectivity index (χ3n) is 7.98. The van der Waals surface area contributed by atoms with Crippen molar-refractivity contribution in [2.75, 3.05) is 26.8 Å². The van der Waals surface area contributed by atoms with E-state index >= 15 is 0 Å². The number of hydrogen-bond acceptors (Lipinski definition) is 4. The molecule has 6 nitrogen and oxygen atoms in total. The fourth-order valence-corrected chi connectivity index (χ4v) is 6.07. The molecule has 1 atom stereocenters. The van der Waals surface area contributed by atoms with Crippen LogP contribution in [0.3, 0.4) is 0 Å². The number of nitrogens with zero attached hydrogens (tertiary/aromatic N) is 2. The number of amides is 2. The molecule has 0 bridgehead atoms. The lowest BCUT2D eigenvalue weighted by Gasteiger charge is -2.37. The summed E-state index contributed by atoms with van der Waals surface area (Å²) in [5.74, 6) is 1.68. The van der Waals surface area contributed by atoms with Gasteiger partial charge in [0.2, 0.25) is 0 Å². The maximum absolute atomic E-state index is 12.9. The van der Waals surface area contributed by atoms with Crippen LogP contribution in [0.15, 0.2) is 41.1 Å². The van der Waals surface area contributed by atoms with Gasteiger partial charge in [0.15, 0.2) is 0 Å². The number of methoxy groups -OCH3 is 1. The molecule has 34 heavy (non-hydrogen) atoms. The third kappa shape index (κ3) is 4.40. The summed E-state index contributed by atoms with van der Waals surface area (Å²) in [6.07, 6.45) is 10.8. The molecule has 1 aromatic rings. The SMILES string of the molecule is CCOC1=C2C(=Nc3cccc(C)c32)C(C2CCN(C(=O)NC3CCC(OC)CC3)CC2)C=C1. The monoisotopic (exact) mass is 463 g/mol. The van der Waals surface area contributed by atoms with Gasteiger partial charge in [0.05, 0.1) is 24.1 Å². The van der Waals surface area contributed by atoms with Crippen LogP contribution in [0, 0.1) is 18.8 Å². The summed E-state index contributed by atoms with van der Waals surface area (Å²) < 4.78 is 11.5. The molecule has 2 aliphatic heterocycles. The highest BCUT2D eigenvalue weighted by molar-refractivity contribution is 6.32. The average Bonchev–Trinajstić information content (AvgIpc) is 3.26. The van der Waals surface area contributed by atoms with Crippen molar-refractivity contribution in [2.24, 2.45) is 16.8 Å². The number of carbonyl (C=O) groups is 1. The Bertz CT molecular complexity index is 1010. The number of benzene rings is 1. The fraction of sp³-hybridized carbons (Fsp3) is 0.571. The van der Waals surface area contributed by atoms with Gasteiger partial charge >= 0.3 is 6.03 Å². The normalized spacial score (nSPS) is 26.7. The molecule has 2 amide bonds. The van der Waals surface area contributed by atoms with E-state index in [1.54, 1.807) is 7.11 Å². The van der Waals surface area contributed by atoms with Crippen LogP contribution >= 0.6 is 0 Å². The van der Waals surface area contributed by atoms with E-state index in [1.165, 1.54) is 16.7 Å². The second-order valence-corrected chi connectivity index (χ2v) is 10.0. The number of allylic oxidation sites excluding steroid dienone is 3. The summed E-state index contributed by atoms with van der Waals surface area (Å²) in [5.41, 5.74) is 5.83. The molecule has 1 unspecified atom stereocenters. The number of aliphatic imine (C=N–C) groups is 1. The van der Waals surface area contributed by atoms with Crippen LogP contribution in [0.2, 0.25) is 0 Å². The predicted octanol–water partition coefficient (Wildman–Crippen LogP) is 5.39. The zero-order valence-corrected chi connectivity index (χ0v) is 20.7. The van der Waals surface area contributed by atoms with Crippen LogP contribution < -0.4 is 5.32 Å². The molecule has 1 N–H and O–H groups in total. The number of ether oxygens (including phenoxy) is 2. The number of carbonyl (C=O) groups excluding carboxylic acids is 1. The minimum atomic E-state index is 0.0963. The molecule has 2 fully saturated rings. The van der Waals surface area contributed by atoms with Crippen molar-refractivity contribution in [3.8, 4) is 0 Å². The molecular formula is C28H37N3O3. The summed E-state index contributed by atoms with van der Waals surface area (Å²) in [5, 5.41) is 3.27. The molecule has 6 heteroatoms. The number of fused-ring (bicyclic) bond motifs is 3. The van der Waals surface area contributed by atoms with E-state index in [4.69, 9.17) is 14.5 Å². The number of aryl methyl sites for hydroxylation is 1. The highest BCUT2D eigenvalue weighted by Gasteiger charge is 2.38. The van der Waals surface area contributed by atoms with Crippen molar-refractivity contribution in [1.29, 1.82) is 0 Å². The van der Waals surface area contributed by atoms with Crippen molar-refractivity contribution >= 4 is 23.0 Å². The number of piperidine rings is 1. The molecule has 2 aliphatic carbocycles. The zero-order valence-electron chi connectivity index (χ0n) is 20.7. The van der Waals surface area contributed by atoms with E-state index in [9.17, 15) is 4.79 Å². The summed E-state index contributed by atoms with van der Waals surface area (Å²) in [6.45, 7) is 6.42. The Balaban J connectivity index is 1.23. The zero-order chi connectivity index (χ0) is 23.7. The number of likely N-dealkylation sites (tertiary alicyclic amines) is 1. The van der Waals surface area contributed by atoms with Crippen LogP contribution in [0.4, 0.5) is 10.5 Å². The van der Waals surface area contributed by atoms with E-state index in [0.29, 0.717) is 18.6 Å². The molecular weight excluding hydrogens is 426 g/mol. The predicted molar refractivity (Wildman–Crippen MR) is 135 cm³/mol. The van der Waals surface area contributed by atoms with Crippen LogP contribution in [-0.2, 0) is 9.47 Å². The standard InChI is InChI=1S/C28H37N3O3/c1-4-34-24-13-12-22(27-26(24)25-18(2)6-5-7-23(25)30-27)19-14-16-31(17-15-19)28(32)29-20-8-10-21(33-3)11-9-20/h5-7,12-13,19-22H,4,8-11,14-17H2,1-3H3,(H,29,32). The second-order valence-electron chi connectivity index (χ2n) is 10.0. The Hall–Kier alpha value is -2.60. The molecule has 1 saturated carbocycles. The summed E-state index contributed by atoms with van der Waals surface area (Å²) in [4.78, 5) is 20.0. The van der Waals surface area contributed by atoms with Crippen LogP contribution in [-0.4, -0.2) is 55.6 Å². The molecule has 0 aromatic heterocycles. The first-order chi connectivity index (χ1) is 16.6. The number of rotatable bonds is 5. The maximum Gasteiger partial charge on any atom is 0.317 e. The number of urea groups is 1. The number of hydrogen-bond donors (Lipinski definition) is 1. The van der Waals surface area contributed by atoms with Gasteiger partial charge in [0.25, 0.3) is 0 Å². The van der Waals surface area contributed by atoms with Gasteiger partial charge in [-0.15, -0.1) is 0 Å². The smallest absolute Gasteiger partial charge is 0.317 e. The Labute approximate surface area is 203 Å². The van der Waals surface area contributed by atoms with E-state index in [1.807, 2.05) is 11.8 Å². The average molecular weight is 464 g/mol. The lowest BCUT2D eigenvalue weighted by molar-refractivity contribution is 0.0623. The Morgan fingerprint density at radius 3 is 2.62 bits per heavy atom. The molecule has 1 saturated heterocycles. The van der Waals surface area contributed by atoms with Gasteiger partial charge in [0, 0.05) is 43.3 Å². The first-order valence-corrected chi connectivity index (χ1v) is 12.9. The Morgan fingerprint density at radius 2 is 1.91 bits per heavy atom. The van der Waals surface area contributed by atoms with Gasteiger partial charge < -0.3 is 19.7 Å². The Morgan fingerprint density at radius 1 is 1.15 bits per heavy atom. The molecule has 0 spiro atoms. The minimum absolute atomic E-state index is 0.0963. The van der Waals surface area contributed by atoms with Crippen molar-refractivity contribution in [3.63, 3.8) is 0 Å². The molecule has 4 aliphatic rings. The highest BCUT2D eigenvalue weighted by Crippen LogP contribution is 2.46. The lowest BCUT2D eigenvalue weighted by atomic mass is 9.76. The summed E-state index contributed by atoms with van der Waals surface area (Å²) in [7, 11) is 1.78. The van der Waals surface area contributed by atoms with E-state index in [-0.39, 0.29) is 18.0 Å². The quantitative estimate of drug-likeness (QED) is 0.636. The topological polar surface area (TPSA) is 63.2 Å². The number of nitrogens with one attached hydrogen (secondary N) is 1. The molecule has 0 radical (unpaired) electrons. The molecule has 2 heterocycles. The first kappa shape index (κ1) is 23.2. The van der Waals surface area contributed by atoms with E-state index < -0.39 is 0 Å². The van der Waals surface area contributed by atoms with Gasteiger partial charge in [0.1, 0.15) is 5.76 Å². The third-order valence-corrected chi connectivity index (χ3v) is 7.98. The van der Waals surface area contributed by atoms with Crippen LogP contribution in [0.5, 0.6) is 0 Å². The lowest BCUT2D eigenvalue weighted by Crippen LogP contribution is -2.49. The van der Waals surface area contributed by atoms with Crippen molar-refractivity contribution in [1.82, 2.24) is 10.2 Å². The van der Waals surface area contributed by atoms with Gasteiger partial charge in [-0.2, -0.15) is 0 Å². The highest BCUT2D eigenvalue weighted by atomic mass is 16.5. The van der Waals surface area contributed by atoms with Gasteiger partial charge in [-0.05, 0) is 76.0 Å². The fourth-order valence-electron chi connectivity index (χ4n) is 6.07. The van der Waals surface area contributed by atoms with E-state index in [0.717, 1.165) is 68.8 Å². The first-order valence-electron chi connectivity index (χ1n) is 12.9. The van der Waals surface area contributed by atoms with E-state index in [2.05, 4.69) is 42.6 Å². The Kier molecular flexibility index (Phi) is 6.77. The molecule has 1 aromatic carbocycles.